The Labute approximate surface area is 106 Å². The van der Waals surface area contributed by atoms with Gasteiger partial charge in [0, 0.05) is 17.8 Å². The van der Waals surface area contributed by atoms with Crippen LogP contribution in [0.5, 0.6) is 0 Å². The van der Waals surface area contributed by atoms with Gasteiger partial charge in [-0.1, -0.05) is 0 Å². The second kappa shape index (κ2) is 4.22. The molecule has 3 heterocycles. The van der Waals surface area contributed by atoms with Gasteiger partial charge in [-0.25, -0.2) is 4.98 Å². The van der Waals surface area contributed by atoms with Crippen LogP contribution in [0.4, 0.5) is 0 Å². The maximum absolute atomic E-state index is 11.8. The third-order valence-corrected chi connectivity index (χ3v) is 3.32. The van der Waals surface area contributed by atoms with Crippen LogP contribution in [0.2, 0.25) is 0 Å². The van der Waals surface area contributed by atoms with Gasteiger partial charge < -0.3 is 5.32 Å². The van der Waals surface area contributed by atoms with Crippen molar-refractivity contribution in [3.63, 3.8) is 0 Å². The summed E-state index contributed by atoms with van der Waals surface area (Å²) in [5.74, 6) is -0.271. The molecular weight excluding hydrogens is 252 g/mol. The molecule has 2 N–H and O–H groups in total. The number of nitrogens with one attached hydrogen (secondary N) is 2. The van der Waals surface area contributed by atoms with Crippen LogP contribution >= 0.6 is 11.3 Å². The fourth-order valence-corrected chi connectivity index (χ4v) is 2.32. The van der Waals surface area contributed by atoms with E-state index < -0.39 is 0 Å². The van der Waals surface area contributed by atoms with Gasteiger partial charge in [0.15, 0.2) is 10.7 Å². The van der Waals surface area contributed by atoms with Gasteiger partial charge in [0.05, 0.1) is 17.9 Å². The van der Waals surface area contributed by atoms with E-state index >= 15 is 0 Å². The first kappa shape index (κ1) is 10.9. The van der Waals surface area contributed by atoms with Crippen molar-refractivity contribution in [3.05, 3.63) is 35.4 Å². The van der Waals surface area contributed by atoms with Gasteiger partial charge >= 0.3 is 0 Å². The molecule has 0 aliphatic heterocycles. The molecule has 0 aliphatic carbocycles. The van der Waals surface area contributed by atoms with E-state index in [1.807, 2.05) is 29.1 Å². The molecule has 0 fully saturated rings. The third-order valence-electron chi connectivity index (χ3n) is 2.55. The largest absolute Gasteiger partial charge is 0.342 e. The van der Waals surface area contributed by atoms with Gasteiger partial charge in [-0.3, -0.25) is 9.20 Å². The number of rotatable bonds is 3. The van der Waals surface area contributed by atoms with Crippen LogP contribution < -0.4 is 5.32 Å². The number of thiazole rings is 1. The molecule has 3 rings (SSSR count). The van der Waals surface area contributed by atoms with Crippen LogP contribution in [-0.2, 0) is 0 Å². The molecule has 0 saturated heterocycles. The molecule has 1 atom stereocenters. The van der Waals surface area contributed by atoms with Crippen molar-refractivity contribution in [1.82, 2.24) is 30.1 Å². The van der Waals surface area contributed by atoms with Gasteiger partial charge in [0.1, 0.15) is 0 Å². The Balaban J connectivity index is 1.77. The summed E-state index contributed by atoms with van der Waals surface area (Å²) < 4.78 is 1.93. The van der Waals surface area contributed by atoms with Crippen molar-refractivity contribution in [3.8, 4) is 0 Å². The second-order valence-electron chi connectivity index (χ2n) is 3.81. The summed E-state index contributed by atoms with van der Waals surface area (Å²) >= 11 is 1.55. The Morgan fingerprint density at radius 3 is 3.22 bits per heavy atom. The molecule has 18 heavy (non-hydrogen) atoms. The monoisotopic (exact) mass is 262 g/mol. The Hall–Kier alpha value is -2.22. The lowest BCUT2D eigenvalue weighted by Crippen LogP contribution is -2.27. The summed E-state index contributed by atoms with van der Waals surface area (Å²) in [6.07, 6.45) is 5.22. The fraction of sp³-hybridized carbons (Fsp3) is 0.200. The SMILES string of the molecule is CC(NC(=O)c1cn[nH]n1)c1cn2ccsc2n1. The zero-order valence-corrected chi connectivity index (χ0v) is 10.3. The number of hydrogen-bond donors (Lipinski definition) is 2. The van der Waals surface area contributed by atoms with Gasteiger partial charge in [-0.15, -0.1) is 11.3 Å². The molecule has 0 bridgehead atoms. The van der Waals surface area contributed by atoms with Crippen molar-refractivity contribution in [2.45, 2.75) is 13.0 Å². The van der Waals surface area contributed by atoms with Crippen LogP contribution in [0.3, 0.4) is 0 Å². The summed E-state index contributed by atoms with van der Waals surface area (Å²) in [6.45, 7) is 1.88. The lowest BCUT2D eigenvalue weighted by molar-refractivity contribution is 0.0934. The summed E-state index contributed by atoms with van der Waals surface area (Å²) in [5, 5.41) is 14.5. The van der Waals surface area contributed by atoms with E-state index in [0.29, 0.717) is 0 Å². The molecule has 7 nitrogen and oxygen atoms in total. The first-order chi connectivity index (χ1) is 8.74. The quantitative estimate of drug-likeness (QED) is 0.737. The molecule has 0 radical (unpaired) electrons. The third kappa shape index (κ3) is 1.86. The highest BCUT2D eigenvalue weighted by atomic mass is 32.1. The van der Waals surface area contributed by atoms with Crippen LogP contribution in [-0.4, -0.2) is 30.7 Å². The van der Waals surface area contributed by atoms with E-state index in [9.17, 15) is 4.79 Å². The van der Waals surface area contributed by atoms with Crippen molar-refractivity contribution in [2.75, 3.05) is 0 Å². The maximum Gasteiger partial charge on any atom is 0.273 e. The Morgan fingerprint density at radius 2 is 2.50 bits per heavy atom. The predicted octanol–water partition coefficient (Wildman–Crippen LogP) is 1.00. The normalized spacial score (nSPS) is 12.7. The summed E-state index contributed by atoms with van der Waals surface area (Å²) in [5.41, 5.74) is 1.08. The van der Waals surface area contributed by atoms with E-state index in [-0.39, 0.29) is 17.6 Å². The van der Waals surface area contributed by atoms with E-state index in [4.69, 9.17) is 0 Å². The van der Waals surface area contributed by atoms with Gasteiger partial charge in [0.2, 0.25) is 0 Å². The molecule has 0 aliphatic rings. The highest BCUT2D eigenvalue weighted by molar-refractivity contribution is 7.15. The zero-order valence-electron chi connectivity index (χ0n) is 9.49. The highest BCUT2D eigenvalue weighted by Gasteiger charge is 2.16. The summed E-state index contributed by atoms with van der Waals surface area (Å²) in [4.78, 5) is 17.1. The van der Waals surface area contributed by atoms with Crippen molar-refractivity contribution < 1.29 is 4.79 Å². The minimum atomic E-state index is -0.271. The number of aromatic amines is 1. The van der Waals surface area contributed by atoms with Gasteiger partial charge in [0.25, 0.3) is 5.91 Å². The van der Waals surface area contributed by atoms with Gasteiger partial charge in [-0.05, 0) is 6.92 Å². The second-order valence-corrected chi connectivity index (χ2v) is 4.68. The molecule has 8 heteroatoms. The number of carbonyl (C=O) groups is 1. The molecule has 0 spiro atoms. The summed E-state index contributed by atoms with van der Waals surface area (Å²) in [6, 6.07) is -0.179. The molecule has 0 saturated carbocycles. The van der Waals surface area contributed by atoms with E-state index in [0.717, 1.165) is 10.7 Å². The van der Waals surface area contributed by atoms with Crippen LogP contribution in [0.1, 0.15) is 29.1 Å². The number of H-pyrrole nitrogens is 1. The molecule has 92 valence electrons. The minimum Gasteiger partial charge on any atom is -0.342 e. The minimum absolute atomic E-state index is 0.179. The average Bonchev–Trinajstić information content (AvgIpc) is 3.05. The van der Waals surface area contributed by atoms with Crippen molar-refractivity contribution >= 4 is 22.2 Å². The van der Waals surface area contributed by atoms with Crippen LogP contribution in [0.15, 0.2) is 24.0 Å². The molecule has 0 aromatic carbocycles. The smallest absolute Gasteiger partial charge is 0.273 e. The first-order valence-electron chi connectivity index (χ1n) is 5.33. The molecule has 1 unspecified atom stereocenters. The zero-order chi connectivity index (χ0) is 12.5. The maximum atomic E-state index is 11.8. The number of carbonyl (C=O) groups excluding carboxylic acids is 1. The lowest BCUT2D eigenvalue weighted by atomic mass is 10.2. The predicted molar refractivity (Wildman–Crippen MR) is 65.3 cm³/mol. The molecule has 3 aromatic rings. The average molecular weight is 262 g/mol. The van der Waals surface area contributed by atoms with E-state index in [2.05, 4.69) is 25.7 Å². The Kier molecular flexibility index (Phi) is 2.56. The van der Waals surface area contributed by atoms with Crippen molar-refractivity contribution in [1.29, 1.82) is 0 Å². The number of imidazole rings is 1. The lowest BCUT2D eigenvalue weighted by Gasteiger charge is -2.09. The summed E-state index contributed by atoms with van der Waals surface area (Å²) in [7, 11) is 0. The van der Waals surface area contributed by atoms with Gasteiger partial charge in [-0.2, -0.15) is 15.4 Å². The van der Waals surface area contributed by atoms with Crippen LogP contribution in [0.25, 0.3) is 4.96 Å². The number of aromatic nitrogens is 5. The molecule has 3 aromatic heterocycles. The molecule has 1 amide bonds. The Morgan fingerprint density at radius 1 is 1.61 bits per heavy atom. The van der Waals surface area contributed by atoms with E-state index in [1.54, 1.807) is 11.3 Å². The highest BCUT2D eigenvalue weighted by Crippen LogP contribution is 2.16. The standard InChI is InChI=1S/C10H10N6OS/c1-6(12-9(17)7-4-11-15-14-7)8-5-16-2-3-18-10(16)13-8/h2-6H,1H3,(H,12,17)(H,11,14,15). The topological polar surface area (TPSA) is 88.0 Å². The van der Waals surface area contributed by atoms with E-state index in [1.165, 1.54) is 6.20 Å². The Bertz CT molecular complexity index is 641. The molecular formula is C10H10N6OS. The number of nitrogens with zero attached hydrogens (tertiary/aromatic N) is 4. The number of amides is 1. The number of hydrogen-bond acceptors (Lipinski definition) is 5. The van der Waals surface area contributed by atoms with Crippen LogP contribution in [0, 0.1) is 0 Å². The van der Waals surface area contributed by atoms with Crippen molar-refractivity contribution in [2.24, 2.45) is 0 Å². The fourth-order valence-electron chi connectivity index (χ4n) is 1.61. The number of fused-ring (bicyclic) bond motifs is 1. The first-order valence-corrected chi connectivity index (χ1v) is 6.21.